The van der Waals surface area contributed by atoms with E-state index < -0.39 is 5.91 Å². The van der Waals surface area contributed by atoms with E-state index in [0.717, 1.165) is 31.2 Å². The Morgan fingerprint density at radius 1 is 1.37 bits per heavy atom. The lowest BCUT2D eigenvalue weighted by Gasteiger charge is -2.29. The van der Waals surface area contributed by atoms with E-state index in [1.54, 1.807) is 0 Å². The number of methoxy groups -OCH3 is 1. The van der Waals surface area contributed by atoms with Gasteiger partial charge in [-0.1, -0.05) is 18.5 Å². The number of carbonyl (C=O) groups is 2. The molecule has 10 heteroatoms. The van der Waals surface area contributed by atoms with Crippen molar-refractivity contribution in [2.24, 2.45) is 11.7 Å². The van der Waals surface area contributed by atoms with Gasteiger partial charge >= 0.3 is 0 Å². The second kappa shape index (κ2) is 10.1. The van der Waals surface area contributed by atoms with Gasteiger partial charge in [-0.3, -0.25) is 19.8 Å². The third-order valence-corrected chi connectivity index (χ3v) is 5.97. The Bertz CT molecular complexity index is 912. The summed E-state index contributed by atoms with van der Waals surface area (Å²) >= 11 is 7.59. The molecular formula is C20H25ClN4O4S. The van der Waals surface area contributed by atoms with Crippen molar-refractivity contribution in [1.29, 1.82) is 0 Å². The molecule has 1 saturated heterocycles. The summed E-state index contributed by atoms with van der Waals surface area (Å²) in [6, 6.07) is 2.93. The van der Waals surface area contributed by atoms with E-state index in [-0.39, 0.29) is 34.6 Å². The zero-order valence-corrected chi connectivity index (χ0v) is 18.5. The number of thiazole rings is 1. The number of nitrogens with one attached hydrogen (secondary N) is 1. The second-order valence-electron chi connectivity index (χ2n) is 7.30. The normalized spacial score (nSPS) is 15.0. The Balaban J connectivity index is 1.65. The Hall–Kier alpha value is -2.36. The van der Waals surface area contributed by atoms with Crippen molar-refractivity contribution in [2.75, 3.05) is 32.1 Å². The number of nitrogens with two attached hydrogens (primary N) is 1. The molecule has 3 N–H and O–H groups in total. The number of amides is 2. The molecule has 1 aromatic carbocycles. The molecule has 1 fully saturated rings. The lowest BCUT2D eigenvalue weighted by molar-refractivity contribution is -0.119. The number of aromatic nitrogens is 1. The van der Waals surface area contributed by atoms with Gasteiger partial charge in [0, 0.05) is 17.5 Å². The van der Waals surface area contributed by atoms with Crippen molar-refractivity contribution in [1.82, 2.24) is 9.88 Å². The number of primary amides is 1. The van der Waals surface area contributed by atoms with Crippen LogP contribution in [-0.2, 0) is 11.3 Å². The van der Waals surface area contributed by atoms with Gasteiger partial charge < -0.3 is 15.2 Å². The largest absolute Gasteiger partial charge is 0.493 e. The van der Waals surface area contributed by atoms with Crippen molar-refractivity contribution in [3.63, 3.8) is 0 Å². The molecule has 0 aliphatic carbocycles. The van der Waals surface area contributed by atoms with Crippen LogP contribution in [0.4, 0.5) is 5.13 Å². The summed E-state index contributed by atoms with van der Waals surface area (Å²) in [4.78, 5) is 30.5. The zero-order valence-electron chi connectivity index (χ0n) is 16.9. The van der Waals surface area contributed by atoms with Gasteiger partial charge in [0.25, 0.3) is 11.8 Å². The molecule has 0 bridgehead atoms. The third-order valence-electron chi connectivity index (χ3n) is 4.88. The number of ether oxygens (including phenoxy) is 2. The Morgan fingerprint density at radius 2 is 2.10 bits per heavy atom. The first-order chi connectivity index (χ1) is 14.4. The fourth-order valence-electron chi connectivity index (χ4n) is 3.19. The van der Waals surface area contributed by atoms with Crippen molar-refractivity contribution in [2.45, 2.75) is 26.3 Å². The first kappa shape index (κ1) is 22.3. The number of benzene rings is 1. The van der Waals surface area contributed by atoms with Crippen LogP contribution in [0.3, 0.4) is 0 Å². The average Bonchev–Trinajstić information content (AvgIpc) is 3.14. The monoisotopic (exact) mass is 452 g/mol. The predicted molar refractivity (Wildman–Crippen MR) is 116 cm³/mol. The molecule has 162 valence electrons. The minimum atomic E-state index is -0.645. The average molecular weight is 453 g/mol. The number of likely N-dealkylation sites (tertiary alicyclic amines) is 1. The molecule has 0 unspecified atom stereocenters. The topological polar surface area (TPSA) is 107 Å². The van der Waals surface area contributed by atoms with E-state index in [1.807, 2.05) is 5.38 Å². The Labute approximate surface area is 184 Å². The number of hydrogen-bond donors (Lipinski definition) is 2. The summed E-state index contributed by atoms with van der Waals surface area (Å²) in [6.07, 6.45) is 2.41. The highest BCUT2D eigenvalue weighted by Gasteiger charge is 2.19. The van der Waals surface area contributed by atoms with Gasteiger partial charge in [0.15, 0.2) is 23.2 Å². The molecule has 2 aromatic rings. The molecule has 30 heavy (non-hydrogen) atoms. The number of piperidine rings is 1. The van der Waals surface area contributed by atoms with E-state index in [1.165, 1.54) is 43.4 Å². The summed E-state index contributed by atoms with van der Waals surface area (Å²) in [6.45, 7) is 4.86. The van der Waals surface area contributed by atoms with Gasteiger partial charge in [0.2, 0.25) is 0 Å². The molecule has 1 aromatic heterocycles. The molecule has 2 heterocycles. The quantitative estimate of drug-likeness (QED) is 0.637. The van der Waals surface area contributed by atoms with Crippen molar-refractivity contribution in [3.05, 3.63) is 33.8 Å². The molecule has 1 aliphatic heterocycles. The van der Waals surface area contributed by atoms with Crippen molar-refractivity contribution >= 4 is 39.9 Å². The van der Waals surface area contributed by atoms with E-state index in [2.05, 4.69) is 22.1 Å². The molecule has 3 rings (SSSR count). The number of carbonyl (C=O) groups excluding carboxylic acids is 2. The van der Waals surface area contributed by atoms with Crippen LogP contribution in [0.1, 0.15) is 35.8 Å². The van der Waals surface area contributed by atoms with Gasteiger partial charge in [-0.25, -0.2) is 4.98 Å². The Morgan fingerprint density at radius 3 is 2.77 bits per heavy atom. The highest BCUT2D eigenvalue weighted by Crippen LogP contribution is 2.36. The number of halogens is 1. The van der Waals surface area contributed by atoms with Crippen molar-refractivity contribution in [3.8, 4) is 11.5 Å². The van der Waals surface area contributed by atoms with Crippen LogP contribution in [0.5, 0.6) is 11.5 Å². The van der Waals surface area contributed by atoms with Crippen molar-refractivity contribution < 1.29 is 19.1 Å². The fraction of sp³-hybridized carbons (Fsp3) is 0.450. The molecule has 0 radical (unpaired) electrons. The summed E-state index contributed by atoms with van der Waals surface area (Å²) in [7, 11) is 1.42. The smallest absolute Gasteiger partial charge is 0.257 e. The number of rotatable bonds is 8. The molecule has 0 spiro atoms. The minimum absolute atomic E-state index is 0.139. The predicted octanol–water partition coefficient (Wildman–Crippen LogP) is 3.15. The molecule has 0 atom stereocenters. The summed E-state index contributed by atoms with van der Waals surface area (Å²) in [5.41, 5.74) is 6.32. The highest BCUT2D eigenvalue weighted by molar-refractivity contribution is 7.14. The zero-order chi connectivity index (χ0) is 21.7. The SMILES string of the molecule is COc1cc(C(=O)Nc2nc(CN3CCC(C)CC3)cs2)cc(Cl)c1OCC(N)=O. The molecule has 2 amide bonds. The third kappa shape index (κ3) is 5.84. The first-order valence-electron chi connectivity index (χ1n) is 9.62. The maximum atomic E-state index is 12.7. The van der Waals surface area contributed by atoms with Crippen LogP contribution in [0.15, 0.2) is 17.5 Å². The van der Waals surface area contributed by atoms with E-state index in [0.29, 0.717) is 5.13 Å². The van der Waals surface area contributed by atoms with E-state index >= 15 is 0 Å². The maximum absolute atomic E-state index is 12.7. The number of nitrogens with zero attached hydrogens (tertiary/aromatic N) is 2. The van der Waals surface area contributed by atoms with Crippen LogP contribution in [0.25, 0.3) is 0 Å². The minimum Gasteiger partial charge on any atom is -0.493 e. The number of hydrogen-bond acceptors (Lipinski definition) is 7. The standard InChI is InChI=1S/C20H25ClN4O4S/c1-12-3-5-25(6-4-12)9-14-11-30-20(23-14)24-19(27)13-7-15(21)18(16(8-13)28-2)29-10-17(22)26/h7-8,11-12H,3-6,9-10H2,1-2H3,(H2,22,26)(H,23,24,27). The lowest BCUT2D eigenvalue weighted by Crippen LogP contribution is -2.32. The summed E-state index contributed by atoms with van der Waals surface area (Å²) in [5, 5.41) is 5.41. The molecule has 1 aliphatic rings. The van der Waals surface area contributed by atoms with Gasteiger partial charge in [0.1, 0.15) is 0 Å². The van der Waals surface area contributed by atoms with Crippen LogP contribution in [-0.4, -0.2) is 48.5 Å². The molecule has 8 nitrogen and oxygen atoms in total. The highest BCUT2D eigenvalue weighted by atomic mass is 35.5. The van der Waals surface area contributed by atoms with Gasteiger partial charge in [-0.05, 0) is 44.0 Å². The molecular weight excluding hydrogens is 428 g/mol. The summed E-state index contributed by atoms with van der Waals surface area (Å²) in [5.74, 6) is 0.149. The van der Waals surface area contributed by atoms with Crippen LogP contribution < -0.4 is 20.5 Å². The maximum Gasteiger partial charge on any atom is 0.257 e. The fourth-order valence-corrected chi connectivity index (χ4v) is 4.15. The van der Waals surface area contributed by atoms with Crippen LogP contribution >= 0.6 is 22.9 Å². The molecule has 0 saturated carbocycles. The first-order valence-corrected chi connectivity index (χ1v) is 10.9. The van der Waals surface area contributed by atoms with Crippen LogP contribution in [0.2, 0.25) is 5.02 Å². The van der Waals surface area contributed by atoms with Gasteiger partial charge in [-0.2, -0.15) is 0 Å². The lowest BCUT2D eigenvalue weighted by atomic mass is 9.99. The van der Waals surface area contributed by atoms with Gasteiger partial charge in [0.05, 0.1) is 17.8 Å². The summed E-state index contributed by atoms with van der Waals surface area (Å²) < 4.78 is 10.5. The van der Waals surface area contributed by atoms with Gasteiger partial charge in [-0.15, -0.1) is 11.3 Å². The Kier molecular flexibility index (Phi) is 7.52. The second-order valence-corrected chi connectivity index (χ2v) is 8.57. The van der Waals surface area contributed by atoms with E-state index in [4.69, 9.17) is 26.8 Å². The number of anilines is 1. The van der Waals surface area contributed by atoms with Crippen LogP contribution in [0, 0.1) is 5.92 Å². The van der Waals surface area contributed by atoms with E-state index in [9.17, 15) is 9.59 Å².